The van der Waals surface area contributed by atoms with Crippen LogP contribution in [0.3, 0.4) is 0 Å². The van der Waals surface area contributed by atoms with Crippen LogP contribution in [0.25, 0.3) is 0 Å². The standard InChI is InChI=1S/C24H37N3O4/c1-24(2,3)31-23(29)27-13-7-10-21(17-27)25-16-19-11-14-26(15-12-19)22(28)30-18-20-8-5-4-6-9-20/h4-6,8-9,19,21,25H,7,10-18H2,1-3H3/t21-/m0/s1. The molecule has 2 saturated heterocycles. The molecule has 7 heteroatoms. The Morgan fingerprint density at radius 2 is 1.71 bits per heavy atom. The molecule has 1 aromatic rings. The minimum Gasteiger partial charge on any atom is -0.445 e. The summed E-state index contributed by atoms with van der Waals surface area (Å²) in [6.07, 6.45) is 3.55. The summed E-state index contributed by atoms with van der Waals surface area (Å²) in [4.78, 5) is 28.3. The molecule has 172 valence electrons. The van der Waals surface area contributed by atoms with Gasteiger partial charge in [-0.1, -0.05) is 30.3 Å². The molecule has 0 spiro atoms. The average molecular weight is 432 g/mol. The molecule has 2 aliphatic rings. The van der Waals surface area contributed by atoms with E-state index in [-0.39, 0.29) is 12.2 Å². The van der Waals surface area contributed by atoms with Gasteiger partial charge < -0.3 is 24.6 Å². The van der Waals surface area contributed by atoms with Gasteiger partial charge in [-0.25, -0.2) is 9.59 Å². The Bertz CT molecular complexity index is 711. The van der Waals surface area contributed by atoms with Gasteiger partial charge in [0.25, 0.3) is 0 Å². The normalized spacial score (nSPS) is 20.4. The van der Waals surface area contributed by atoms with Gasteiger partial charge in [0, 0.05) is 32.2 Å². The molecule has 2 fully saturated rings. The smallest absolute Gasteiger partial charge is 0.410 e. The lowest BCUT2D eigenvalue weighted by Gasteiger charge is -2.36. The number of likely N-dealkylation sites (tertiary alicyclic amines) is 2. The number of piperidine rings is 2. The number of amides is 2. The largest absolute Gasteiger partial charge is 0.445 e. The van der Waals surface area contributed by atoms with Crippen LogP contribution in [0.5, 0.6) is 0 Å². The summed E-state index contributed by atoms with van der Waals surface area (Å²) in [6, 6.07) is 10.1. The van der Waals surface area contributed by atoms with Gasteiger partial charge in [-0.2, -0.15) is 0 Å². The predicted octanol–water partition coefficient (Wildman–Crippen LogP) is 4.02. The van der Waals surface area contributed by atoms with Crippen molar-refractivity contribution >= 4 is 12.2 Å². The second kappa shape index (κ2) is 10.8. The first-order valence-corrected chi connectivity index (χ1v) is 11.5. The van der Waals surface area contributed by atoms with Crippen molar-refractivity contribution < 1.29 is 19.1 Å². The van der Waals surface area contributed by atoms with Crippen LogP contribution in [-0.4, -0.2) is 66.4 Å². The Hall–Kier alpha value is -2.28. The summed E-state index contributed by atoms with van der Waals surface area (Å²) < 4.78 is 11.0. The van der Waals surface area contributed by atoms with Crippen molar-refractivity contribution in [2.45, 2.75) is 64.7 Å². The lowest BCUT2D eigenvalue weighted by Crippen LogP contribution is -2.50. The number of rotatable bonds is 5. The molecule has 2 heterocycles. The van der Waals surface area contributed by atoms with E-state index < -0.39 is 5.60 Å². The van der Waals surface area contributed by atoms with E-state index >= 15 is 0 Å². The van der Waals surface area contributed by atoms with Gasteiger partial charge in [-0.15, -0.1) is 0 Å². The van der Waals surface area contributed by atoms with Crippen LogP contribution in [0.1, 0.15) is 52.0 Å². The second-order valence-electron chi connectivity index (χ2n) is 9.64. The highest BCUT2D eigenvalue weighted by atomic mass is 16.6. The Labute approximate surface area is 186 Å². The predicted molar refractivity (Wildman–Crippen MR) is 120 cm³/mol. The highest BCUT2D eigenvalue weighted by molar-refractivity contribution is 5.68. The van der Waals surface area contributed by atoms with E-state index in [0.717, 1.165) is 57.4 Å². The van der Waals surface area contributed by atoms with Crippen molar-refractivity contribution in [1.82, 2.24) is 15.1 Å². The molecular formula is C24H37N3O4. The molecule has 2 aliphatic heterocycles. The van der Waals surface area contributed by atoms with E-state index in [2.05, 4.69) is 5.32 Å². The molecule has 0 saturated carbocycles. The number of carbonyl (C=O) groups excluding carboxylic acids is 2. The molecule has 31 heavy (non-hydrogen) atoms. The number of hydrogen-bond donors (Lipinski definition) is 1. The summed E-state index contributed by atoms with van der Waals surface area (Å²) in [5.41, 5.74) is 0.538. The molecule has 2 amide bonds. The van der Waals surface area contributed by atoms with Crippen LogP contribution in [0.15, 0.2) is 30.3 Å². The first-order chi connectivity index (χ1) is 14.8. The number of nitrogens with zero attached hydrogens (tertiary/aromatic N) is 2. The Balaban J connectivity index is 1.34. The van der Waals surface area contributed by atoms with Crippen molar-refractivity contribution in [1.29, 1.82) is 0 Å². The first-order valence-electron chi connectivity index (χ1n) is 11.5. The second-order valence-corrected chi connectivity index (χ2v) is 9.64. The van der Waals surface area contributed by atoms with Crippen molar-refractivity contribution in [2.24, 2.45) is 5.92 Å². The van der Waals surface area contributed by atoms with E-state index in [1.807, 2.05) is 60.9 Å². The minimum atomic E-state index is -0.465. The SMILES string of the molecule is CC(C)(C)OC(=O)N1CCC[C@H](NCC2CCN(C(=O)OCc3ccccc3)CC2)C1. The maximum absolute atomic E-state index is 12.3. The molecule has 1 atom stereocenters. The van der Waals surface area contributed by atoms with E-state index in [1.165, 1.54) is 0 Å². The molecule has 0 aromatic heterocycles. The molecule has 0 aliphatic carbocycles. The molecule has 0 radical (unpaired) electrons. The highest BCUT2D eigenvalue weighted by Crippen LogP contribution is 2.20. The number of benzene rings is 1. The van der Waals surface area contributed by atoms with Crippen molar-refractivity contribution in [2.75, 3.05) is 32.7 Å². The lowest BCUT2D eigenvalue weighted by atomic mass is 9.96. The fourth-order valence-corrected chi connectivity index (χ4v) is 4.10. The zero-order valence-corrected chi connectivity index (χ0v) is 19.1. The summed E-state index contributed by atoms with van der Waals surface area (Å²) in [6.45, 7) is 9.84. The minimum absolute atomic E-state index is 0.221. The monoisotopic (exact) mass is 431 g/mol. The van der Waals surface area contributed by atoms with Crippen molar-refractivity contribution in [3.63, 3.8) is 0 Å². The maximum atomic E-state index is 12.3. The summed E-state index contributed by atoms with van der Waals surface area (Å²) in [5.74, 6) is 0.537. The van der Waals surface area contributed by atoms with Crippen LogP contribution in [0.4, 0.5) is 9.59 Å². The highest BCUT2D eigenvalue weighted by Gasteiger charge is 2.29. The molecule has 3 rings (SSSR count). The van der Waals surface area contributed by atoms with Gasteiger partial charge in [-0.3, -0.25) is 0 Å². The van der Waals surface area contributed by atoms with Gasteiger partial charge in [0.05, 0.1) is 0 Å². The fraction of sp³-hybridized carbons (Fsp3) is 0.667. The summed E-state index contributed by atoms with van der Waals surface area (Å²) in [7, 11) is 0. The van der Waals surface area contributed by atoms with Gasteiger partial charge >= 0.3 is 12.2 Å². The van der Waals surface area contributed by atoms with Gasteiger partial charge in [-0.05, 0) is 64.5 Å². The van der Waals surface area contributed by atoms with Gasteiger partial charge in [0.15, 0.2) is 0 Å². The Morgan fingerprint density at radius 3 is 2.39 bits per heavy atom. The molecule has 1 N–H and O–H groups in total. The van der Waals surface area contributed by atoms with Crippen LogP contribution in [0.2, 0.25) is 0 Å². The van der Waals surface area contributed by atoms with Gasteiger partial charge in [0.1, 0.15) is 12.2 Å². The zero-order valence-electron chi connectivity index (χ0n) is 19.1. The lowest BCUT2D eigenvalue weighted by molar-refractivity contribution is 0.0185. The molecule has 0 bridgehead atoms. The quantitative estimate of drug-likeness (QED) is 0.762. The average Bonchev–Trinajstić information content (AvgIpc) is 2.76. The number of hydrogen-bond acceptors (Lipinski definition) is 5. The fourth-order valence-electron chi connectivity index (χ4n) is 4.10. The van der Waals surface area contributed by atoms with Crippen LogP contribution in [-0.2, 0) is 16.1 Å². The number of ether oxygens (including phenoxy) is 2. The number of carbonyl (C=O) groups is 2. The van der Waals surface area contributed by atoms with Gasteiger partial charge in [0.2, 0.25) is 0 Å². The first kappa shape index (κ1) is 23.4. The van der Waals surface area contributed by atoms with E-state index in [0.29, 0.717) is 25.1 Å². The topological polar surface area (TPSA) is 71.1 Å². The Morgan fingerprint density at radius 1 is 1.00 bits per heavy atom. The third kappa shape index (κ3) is 7.73. The summed E-state index contributed by atoms with van der Waals surface area (Å²) in [5, 5.41) is 3.65. The van der Waals surface area contributed by atoms with Crippen LogP contribution in [0, 0.1) is 5.92 Å². The Kier molecular flexibility index (Phi) is 8.18. The van der Waals surface area contributed by atoms with E-state index in [1.54, 1.807) is 0 Å². The van der Waals surface area contributed by atoms with Crippen LogP contribution < -0.4 is 5.32 Å². The van der Waals surface area contributed by atoms with Crippen molar-refractivity contribution in [3.05, 3.63) is 35.9 Å². The van der Waals surface area contributed by atoms with Crippen LogP contribution >= 0.6 is 0 Å². The van der Waals surface area contributed by atoms with E-state index in [4.69, 9.17) is 9.47 Å². The molecular weight excluding hydrogens is 394 g/mol. The third-order valence-electron chi connectivity index (χ3n) is 5.85. The molecule has 1 aromatic carbocycles. The third-order valence-corrected chi connectivity index (χ3v) is 5.85. The number of nitrogens with one attached hydrogen (secondary N) is 1. The maximum Gasteiger partial charge on any atom is 0.410 e. The van der Waals surface area contributed by atoms with Crippen molar-refractivity contribution in [3.8, 4) is 0 Å². The molecule has 0 unspecified atom stereocenters. The summed E-state index contributed by atoms with van der Waals surface area (Å²) >= 11 is 0. The zero-order chi connectivity index (χ0) is 22.3. The van der Waals surface area contributed by atoms with E-state index in [9.17, 15) is 9.59 Å². The molecule has 7 nitrogen and oxygen atoms in total.